The second-order valence-electron chi connectivity index (χ2n) is 7.30. The monoisotopic (exact) mass is 386 g/mol. The van der Waals surface area contributed by atoms with Crippen LogP contribution in [-0.4, -0.2) is 46.9 Å². The Morgan fingerprint density at radius 2 is 2.04 bits per heavy atom. The van der Waals surface area contributed by atoms with Gasteiger partial charge in [-0.15, -0.1) is 11.3 Å². The van der Waals surface area contributed by atoms with Crippen LogP contribution in [0.5, 0.6) is 0 Å². The highest BCUT2D eigenvalue weighted by atomic mass is 32.1. The lowest BCUT2D eigenvalue weighted by molar-refractivity contribution is -0.137. The zero-order valence-corrected chi connectivity index (χ0v) is 17.0. The van der Waals surface area contributed by atoms with Crippen LogP contribution in [0.2, 0.25) is 0 Å². The molecule has 0 radical (unpaired) electrons. The van der Waals surface area contributed by atoms with Crippen molar-refractivity contribution >= 4 is 17.2 Å². The predicted octanol–water partition coefficient (Wildman–Crippen LogP) is 3.04. The first-order chi connectivity index (χ1) is 13.2. The Morgan fingerprint density at radius 3 is 2.67 bits per heavy atom. The smallest absolute Gasteiger partial charge is 0.226 e. The zero-order valence-electron chi connectivity index (χ0n) is 16.1. The summed E-state index contributed by atoms with van der Waals surface area (Å²) in [4.78, 5) is 22.1. The molecule has 2 heterocycles. The molecule has 1 aliphatic rings. The van der Waals surface area contributed by atoms with E-state index >= 15 is 0 Å². The zero-order chi connectivity index (χ0) is 19.1. The van der Waals surface area contributed by atoms with E-state index < -0.39 is 0 Å². The van der Waals surface area contributed by atoms with Crippen molar-refractivity contribution in [1.29, 1.82) is 0 Å². The molecule has 5 nitrogen and oxygen atoms in total. The third kappa shape index (κ3) is 5.86. The fourth-order valence-electron chi connectivity index (χ4n) is 3.66. The molecule has 2 N–H and O–H groups in total. The van der Waals surface area contributed by atoms with Crippen LogP contribution in [-0.2, 0) is 17.9 Å². The van der Waals surface area contributed by atoms with Gasteiger partial charge in [0.15, 0.2) is 0 Å². The number of amides is 1. The van der Waals surface area contributed by atoms with E-state index in [1.54, 1.807) is 11.3 Å². The summed E-state index contributed by atoms with van der Waals surface area (Å²) in [6.45, 7) is 6.89. The van der Waals surface area contributed by atoms with Gasteiger partial charge in [-0.1, -0.05) is 30.3 Å². The summed E-state index contributed by atoms with van der Waals surface area (Å²) in [7, 11) is 0. The molecule has 0 saturated carbocycles. The lowest BCUT2D eigenvalue weighted by Gasteiger charge is -2.34. The quantitative estimate of drug-likeness (QED) is 0.757. The van der Waals surface area contributed by atoms with Crippen molar-refractivity contribution in [2.75, 3.05) is 26.2 Å². The molecule has 0 atom stereocenters. The molecule has 2 aromatic rings. The summed E-state index contributed by atoms with van der Waals surface area (Å²) in [5.41, 5.74) is 8.02. The normalized spacial score (nSPS) is 15.8. The van der Waals surface area contributed by atoms with Crippen molar-refractivity contribution in [3.63, 3.8) is 0 Å². The predicted molar refractivity (Wildman–Crippen MR) is 110 cm³/mol. The topological polar surface area (TPSA) is 62.5 Å². The van der Waals surface area contributed by atoms with Crippen LogP contribution in [0.4, 0.5) is 0 Å². The number of nitrogens with zero attached hydrogens (tertiary/aromatic N) is 3. The number of piperidine rings is 1. The second-order valence-corrected chi connectivity index (χ2v) is 8.36. The van der Waals surface area contributed by atoms with Crippen LogP contribution in [0.25, 0.3) is 0 Å². The average Bonchev–Trinajstić information content (AvgIpc) is 3.10. The third-order valence-corrected chi connectivity index (χ3v) is 5.97. The molecule has 0 aliphatic carbocycles. The number of aryl methyl sites for hydroxylation is 1. The van der Waals surface area contributed by atoms with Gasteiger partial charge in [0, 0.05) is 30.9 Å². The first kappa shape index (κ1) is 20.0. The highest BCUT2D eigenvalue weighted by Gasteiger charge is 2.28. The van der Waals surface area contributed by atoms with Gasteiger partial charge in [0.05, 0.1) is 10.7 Å². The summed E-state index contributed by atoms with van der Waals surface area (Å²) in [5.74, 6) is 0.413. The minimum Gasteiger partial charge on any atom is -0.338 e. The maximum atomic E-state index is 13.1. The van der Waals surface area contributed by atoms with Crippen molar-refractivity contribution in [3.8, 4) is 0 Å². The van der Waals surface area contributed by atoms with Crippen LogP contribution in [0.1, 0.15) is 35.5 Å². The highest BCUT2D eigenvalue weighted by molar-refractivity contribution is 7.09. The largest absolute Gasteiger partial charge is 0.338 e. The van der Waals surface area contributed by atoms with Crippen LogP contribution >= 0.6 is 11.3 Å². The molecule has 1 amide bonds. The summed E-state index contributed by atoms with van der Waals surface area (Å²) < 4.78 is 0. The van der Waals surface area contributed by atoms with Gasteiger partial charge in [0.1, 0.15) is 0 Å². The Morgan fingerprint density at radius 1 is 1.30 bits per heavy atom. The van der Waals surface area contributed by atoms with E-state index in [1.165, 1.54) is 5.56 Å². The van der Waals surface area contributed by atoms with Crippen LogP contribution in [0.3, 0.4) is 0 Å². The molecule has 1 aromatic carbocycles. The Labute approximate surface area is 166 Å². The lowest BCUT2D eigenvalue weighted by atomic mass is 9.94. The average molecular weight is 387 g/mol. The molecule has 3 rings (SSSR count). The minimum atomic E-state index is 0.125. The number of nitrogens with two attached hydrogens (primary N) is 1. The summed E-state index contributed by atoms with van der Waals surface area (Å²) >= 11 is 1.70. The van der Waals surface area contributed by atoms with Crippen molar-refractivity contribution in [2.45, 2.75) is 39.3 Å². The first-order valence-corrected chi connectivity index (χ1v) is 10.7. The van der Waals surface area contributed by atoms with Crippen molar-refractivity contribution in [1.82, 2.24) is 14.8 Å². The summed E-state index contributed by atoms with van der Waals surface area (Å²) in [5, 5.41) is 3.26. The molecular formula is C21H30N4OS. The standard InChI is InChI=1S/C21H30N4OS/c1-17-23-20(16-27-17)15-24-12-8-19(9-13-24)21(26)25(11-5-10-22)14-18-6-3-2-4-7-18/h2-4,6-7,16,19H,5,8-15,22H2,1H3. The summed E-state index contributed by atoms with van der Waals surface area (Å²) in [6.07, 6.45) is 2.70. The second kappa shape index (κ2) is 9.97. The van der Waals surface area contributed by atoms with Crippen LogP contribution < -0.4 is 5.73 Å². The SMILES string of the molecule is Cc1nc(CN2CCC(C(=O)N(CCCN)Cc3ccccc3)CC2)cs1. The van der Waals surface area contributed by atoms with Crippen molar-refractivity contribution < 1.29 is 4.79 Å². The molecule has 0 bridgehead atoms. The third-order valence-electron chi connectivity index (χ3n) is 5.15. The van der Waals surface area contributed by atoms with Crippen molar-refractivity contribution in [3.05, 3.63) is 52.0 Å². The summed E-state index contributed by atoms with van der Waals surface area (Å²) in [6, 6.07) is 10.2. The molecule has 0 unspecified atom stereocenters. The number of carbonyl (C=O) groups is 1. The van der Waals surface area contributed by atoms with Crippen LogP contribution in [0, 0.1) is 12.8 Å². The number of rotatable bonds is 8. The van der Waals surface area contributed by atoms with Gasteiger partial charge >= 0.3 is 0 Å². The number of aromatic nitrogens is 1. The molecule has 6 heteroatoms. The van der Waals surface area contributed by atoms with E-state index in [1.807, 2.05) is 30.0 Å². The van der Waals surface area contributed by atoms with E-state index in [-0.39, 0.29) is 11.8 Å². The van der Waals surface area contributed by atoms with Gasteiger partial charge in [-0.05, 0) is 51.4 Å². The molecule has 146 valence electrons. The van der Waals surface area contributed by atoms with E-state index in [0.29, 0.717) is 13.1 Å². The van der Waals surface area contributed by atoms with Gasteiger partial charge in [-0.2, -0.15) is 0 Å². The maximum Gasteiger partial charge on any atom is 0.226 e. The van der Waals surface area contributed by atoms with Gasteiger partial charge in [-0.25, -0.2) is 4.98 Å². The fraction of sp³-hybridized carbons (Fsp3) is 0.524. The molecule has 0 spiro atoms. The minimum absolute atomic E-state index is 0.125. The van der Waals surface area contributed by atoms with Gasteiger partial charge in [0.25, 0.3) is 0 Å². The molecular weight excluding hydrogens is 356 g/mol. The Balaban J connectivity index is 1.54. The van der Waals surface area contributed by atoms with Crippen molar-refractivity contribution in [2.24, 2.45) is 11.7 Å². The fourth-order valence-corrected chi connectivity index (χ4v) is 4.26. The molecule has 1 fully saturated rings. The Hall–Kier alpha value is -1.76. The van der Waals surface area contributed by atoms with E-state index in [9.17, 15) is 4.79 Å². The van der Waals surface area contributed by atoms with Gasteiger partial charge in [0.2, 0.25) is 5.91 Å². The molecule has 1 saturated heterocycles. The lowest BCUT2D eigenvalue weighted by Crippen LogP contribution is -2.42. The number of carbonyl (C=O) groups excluding carboxylic acids is 1. The van der Waals surface area contributed by atoms with Gasteiger partial charge in [-0.3, -0.25) is 9.69 Å². The molecule has 1 aliphatic heterocycles. The molecule has 1 aromatic heterocycles. The molecule has 27 heavy (non-hydrogen) atoms. The number of likely N-dealkylation sites (tertiary alicyclic amines) is 1. The van der Waals surface area contributed by atoms with E-state index in [0.717, 1.165) is 56.1 Å². The number of hydrogen-bond acceptors (Lipinski definition) is 5. The number of benzene rings is 1. The van der Waals surface area contributed by atoms with Crippen LogP contribution in [0.15, 0.2) is 35.7 Å². The Bertz CT molecular complexity index is 710. The van der Waals surface area contributed by atoms with E-state index in [2.05, 4.69) is 27.4 Å². The first-order valence-electron chi connectivity index (χ1n) is 9.82. The number of hydrogen-bond donors (Lipinski definition) is 1. The highest BCUT2D eigenvalue weighted by Crippen LogP contribution is 2.22. The Kier molecular flexibility index (Phi) is 7.38. The number of thiazole rings is 1. The van der Waals surface area contributed by atoms with Gasteiger partial charge < -0.3 is 10.6 Å². The van der Waals surface area contributed by atoms with E-state index in [4.69, 9.17) is 5.73 Å². The maximum absolute atomic E-state index is 13.1.